The Kier molecular flexibility index (Phi) is 6.98. The number of piperidine rings is 1. The van der Waals surface area contributed by atoms with Gasteiger partial charge in [0.1, 0.15) is 0 Å². The summed E-state index contributed by atoms with van der Waals surface area (Å²) < 4.78 is 27.7. The van der Waals surface area contributed by atoms with Crippen molar-refractivity contribution in [1.82, 2.24) is 14.1 Å². The van der Waals surface area contributed by atoms with Crippen molar-refractivity contribution in [1.29, 1.82) is 0 Å². The summed E-state index contributed by atoms with van der Waals surface area (Å²) in [6.07, 6.45) is 1.05. The van der Waals surface area contributed by atoms with Crippen LogP contribution in [0, 0.1) is 11.8 Å². The molecular formula is C25H33N3O3S. The Bertz CT molecular complexity index is 1010. The Hall–Kier alpha value is -2.22. The van der Waals surface area contributed by atoms with Gasteiger partial charge in [-0.15, -0.1) is 0 Å². The number of rotatable bonds is 5. The van der Waals surface area contributed by atoms with E-state index < -0.39 is 10.0 Å². The van der Waals surface area contributed by atoms with E-state index >= 15 is 0 Å². The Morgan fingerprint density at radius 3 is 2.06 bits per heavy atom. The lowest BCUT2D eigenvalue weighted by Gasteiger charge is -2.35. The van der Waals surface area contributed by atoms with E-state index in [-0.39, 0.29) is 10.8 Å². The molecule has 0 aliphatic carbocycles. The van der Waals surface area contributed by atoms with Gasteiger partial charge in [-0.1, -0.05) is 44.2 Å². The monoisotopic (exact) mass is 455 g/mol. The van der Waals surface area contributed by atoms with Gasteiger partial charge in [-0.25, -0.2) is 8.42 Å². The van der Waals surface area contributed by atoms with Crippen LogP contribution in [-0.4, -0.2) is 67.7 Å². The SMILES string of the molecule is C[C@H]1C[C@H](C)CN(S(=O)(=O)c2ccc(C(=O)N3CCN(Cc4ccccc4)CC3)cc2)C1. The van der Waals surface area contributed by atoms with Gasteiger partial charge < -0.3 is 4.90 Å². The fraction of sp³-hybridized carbons (Fsp3) is 0.480. The van der Waals surface area contributed by atoms with E-state index in [0.29, 0.717) is 43.6 Å². The number of carbonyl (C=O) groups is 1. The Labute approximate surface area is 191 Å². The van der Waals surface area contributed by atoms with E-state index in [1.54, 1.807) is 28.6 Å². The standard InChI is InChI=1S/C25H33N3O3S/c1-20-16-21(2)18-28(17-20)32(30,31)24-10-8-23(9-11-24)25(29)27-14-12-26(13-15-27)19-22-6-4-3-5-7-22/h3-11,20-21H,12-19H2,1-2H3/t20-,21-/m0/s1. The van der Waals surface area contributed by atoms with Crippen LogP contribution >= 0.6 is 0 Å². The Morgan fingerprint density at radius 2 is 1.47 bits per heavy atom. The first-order valence-electron chi connectivity index (χ1n) is 11.5. The zero-order valence-corrected chi connectivity index (χ0v) is 19.8. The molecule has 32 heavy (non-hydrogen) atoms. The molecule has 4 rings (SSSR count). The van der Waals surface area contributed by atoms with Crippen LogP contribution in [0.25, 0.3) is 0 Å². The Balaban J connectivity index is 1.36. The molecule has 1 amide bonds. The third kappa shape index (κ3) is 5.22. The van der Waals surface area contributed by atoms with Crippen LogP contribution < -0.4 is 0 Å². The van der Waals surface area contributed by atoms with Crippen molar-refractivity contribution in [3.05, 3.63) is 65.7 Å². The van der Waals surface area contributed by atoms with Gasteiger partial charge in [-0.2, -0.15) is 4.31 Å². The first-order chi connectivity index (χ1) is 15.3. The molecule has 2 aromatic rings. The summed E-state index contributed by atoms with van der Waals surface area (Å²) in [5.41, 5.74) is 1.82. The minimum absolute atomic E-state index is 0.0338. The summed E-state index contributed by atoms with van der Waals surface area (Å²) in [5.74, 6) is 0.679. The molecule has 2 fully saturated rings. The molecule has 0 unspecified atom stereocenters. The lowest BCUT2D eigenvalue weighted by Crippen LogP contribution is -2.48. The van der Waals surface area contributed by atoms with E-state index in [1.807, 2.05) is 23.1 Å². The van der Waals surface area contributed by atoms with Gasteiger partial charge in [0.2, 0.25) is 10.0 Å². The minimum Gasteiger partial charge on any atom is -0.336 e. The molecule has 2 aliphatic rings. The zero-order valence-electron chi connectivity index (χ0n) is 19.0. The van der Waals surface area contributed by atoms with Gasteiger partial charge in [-0.05, 0) is 48.1 Å². The largest absolute Gasteiger partial charge is 0.336 e. The molecular weight excluding hydrogens is 422 g/mol. The molecule has 172 valence electrons. The fourth-order valence-electron chi connectivity index (χ4n) is 4.85. The van der Waals surface area contributed by atoms with E-state index in [9.17, 15) is 13.2 Å². The lowest BCUT2D eigenvalue weighted by molar-refractivity contribution is 0.0628. The summed E-state index contributed by atoms with van der Waals surface area (Å²) in [6.45, 7) is 9.21. The highest BCUT2D eigenvalue weighted by atomic mass is 32.2. The normalized spacial score (nSPS) is 23.2. The van der Waals surface area contributed by atoms with Crippen LogP contribution in [0.2, 0.25) is 0 Å². The maximum Gasteiger partial charge on any atom is 0.253 e. The van der Waals surface area contributed by atoms with Crippen molar-refractivity contribution in [3.63, 3.8) is 0 Å². The second-order valence-corrected chi connectivity index (χ2v) is 11.3. The van der Waals surface area contributed by atoms with Crippen LogP contribution in [0.5, 0.6) is 0 Å². The third-order valence-electron chi connectivity index (χ3n) is 6.48. The van der Waals surface area contributed by atoms with Crippen molar-refractivity contribution >= 4 is 15.9 Å². The van der Waals surface area contributed by atoms with E-state index in [1.165, 1.54) is 5.56 Å². The molecule has 6 nitrogen and oxygen atoms in total. The molecule has 0 spiro atoms. The van der Waals surface area contributed by atoms with Crippen LogP contribution in [0.4, 0.5) is 0 Å². The smallest absolute Gasteiger partial charge is 0.253 e. The molecule has 2 aromatic carbocycles. The number of carbonyl (C=O) groups excluding carboxylic acids is 1. The third-order valence-corrected chi connectivity index (χ3v) is 8.33. The maximum atomic E-state index is 13.1. The van der Waals surface area contributed by atoms with Gasteiger partial charge in [0.25, 0.3) is 5.91 Å². The second-order valence-electron chi connectivity index (χ2n) is 9.35. The number of sulfonamides is 1. The lowest BCUT2D eigenvalue weighted by atomic mass is 9.94. The van der Waals surface area contributed by atoms with Crippen molar-refractivity contribution in [2.24, 2.45) is 11.8 Å². The van der Waals surface area contributed by atoms with Crippen LogP contribution in [0.15, 0.2) is 59.5 Å². The first kappa shape index (κ1) is 23.0. The molecule has 0 N–H and O–H groups in total. The molecule has 2 aliphatic heterocycles. The molecule has 2 heterocycles. The van der Waals surface area contributed by atoms with Crippen molar-refractivity contribution in [2.75, 3.05) is 39.3 Å². The van der Waals surface area contributed by atoms with Crippen molar-refractivity contribution in [3.8, 4) is 0 Å². The van der Waals surface area contributed by atoms with E-state index in [2.05, 4.69) is 30.9 Å². The molecule has 0 aromatic heterocycles. The van der Waals surface area contributed by atoms with Crippen LogP contribution in [0.1, 0.15) is 36.2 Å². The topological polar surface area (TPSA) is 60.9 Å². The van der Waals surface area contributed by atoms with Gasteiger partial charge >= 0.3 is 0 Å². The zero-order chi connectivity index (χ0) is 22.7. The van der Waals surface area contributed by atoms with Gasteiger partial charge in [0.05, 0.1) is 4.90 Å². The summed E-state index contributed by atoms with van der Waals surface area (Å²) in [6, 6.07) is 16.8. The molecule has 7 heteroatoms. The highest BCUT2D eigenvalue weighted by Crippen LogP contribution is 2.27. The highest BCUT2D eigenvalue weighted by Gasteiger charge is 2.32. The number of piperazine rings is 1. The average molecular weight is 456 g/mol. The van der Waals surface area contributed by atoms with E-state index in [4.69, 9.17) is 0 Å². The maximum absolute atomic E-state index is 13.1. The summed E-state index contributed by atoms with van der Waals surface area (Å²) in [4.78, 5) is 17.4. The minimum atomic E-state index is -3.53. The van der Waals surface area contributed by atoms with Crippen molar-refractivity contribution < 1.29 is 13.2 Å². The van der Waals surface area contributed by atoms with Gasteiger partial charge in [-0.3, -0.25) is 9.69 Å². The number of benzene rings is 2. The number of hydrogen-bond donors (Lipinski definition) is 0. The number of hydrogen-bond acceptors (Lipinski definition) is 4. The van der Waals surface area contributed by atoms with Crippen LogP contribution in [-0.2, 0) is 16.6 Å². The average Bonchev–Trinajstić information content (AvgIpc) is 2.79. The Morgan fingerprint density at radius 1 is 0.875 bits per heavy atom. The second kappa shape index (κ2) is 9.73. The number of amides is 1. The molecule has 0 bridgehead atoms. The highest BCUT2D eigenvalue weighted by molar-refractivity contribution is 7.89. The quantitative estimate of drug-likeness (QED) is 0.694. The number of nitrogens with zero attached hydrogens (tertiary/aromatic N) is 3. The summed E-state index contributed by atoms with van der Waals surface area (Å²) in [5, 5.41) is 0. The predicted molar refractivity (Wildman–Crippen MR) is 126 cm³/mol. The molecule has 0 saturated carbocycles. The van der Waals surface area contributed by atoms with Crippen molar-refractivity contribution in [2.45, 2.75) is 31.7 Å². The van der Waals surface area contributed by atoms with Gasteiger partial charge in [0.15, 0.2) is 0 Å². The molecule has 0 radical (unpaired) electrons. The van der Waals surface area contributed by atoms with E-state index in [0.717, 1.165) is 26.1 Å². The summed E-state index contributed by atoms with van der Waals surface area (Å²) in [7, 11) is -3.53. The fourth-order valence-corrected chi connectivity index (χ4v) is 6.53. The molecule has 2 atom stereocenters. The summed E-state index contributed by atoms with van der Waals surface area (Å²) >= 11 is 0. The first-order valence-corrected chi connectivity index (χ1v) is 12.9. The van der Waals surface area contributed by atoms with Crippen LogP contribution in [0.3, 0.4) is 0 Å². The molecule has 2 saturated heterocycles. The van der Waals surface area contributed by atoms with Gasteiger partial charge in [0, 0.05) is 51.4 Å². The predicted octanol–water partition coefficient (Wildman–Crippen LogP) is 3.31.